The van der Waals surface area contributed by atoms with Crippen molar-refractivity contribution >= 4 is 27.4 Å². The number of nitrogens with one attached hydrogen (secondary N) is 1. The van der Waals surface area contributed by atoms with Crippen LogP contribution in [0, 0.1) is 0 Å². The third kappa shape index (κ3) is 4.22. The summed E-state index contributed by atoms with van der Waals surface area (Å²) < 4.78 is 16.1. The molecule has 2 aliphatic rings. The number of rotatable bonds is 2. The summed E-state index contributed by atoms with van der Waals surface area (Å²) in [5.74, 6) is 3.10. The number of aromatic nitrogens is 1. The number of benzene rings is 6. The monoisotopic (exact) mass is 580 g/mol. The second kappa shape index (κ2) is 10.3. The maximum Gasteiger partial charge on any atom is 0.137 e. The standard InChI is InChI=1S/C41H28N2O2/c1-5-13-36-30(9-1)31-10-2-6-14-37(31)43(36)29-18-20-35-34-19-17-28(27-21-23-42-24-22-27)25-40(34)44-38-15-7-3-11-32(38)33-12-4-8-16-39(33)45-41(35)26-29/h1-23,25-26,42H,24H2. The molecule has 0 bridgehead atoms. The first kappa shape index (κ1) is 25.5. The van der Waals surface area contributed by atoms with Crippen molar-refractivity contribution in [3.63, 3.8) is 0 Å². The third-order valence-corrected chi connectivity index (χ3v) is 8.73. The smallest absolute Gasteiger partial charge is 0.137 e. The van der Waals surface area contributed by atoms with Crippen molar-refractivity contribution < 1.29 is 9.47 Å². The van der Waals surface area contributed by atoms with Gasteiger partial charge in [-0.25, -0.2) is 0 Å². The molecule has 7 aromatic rings. The molecule has 2 aliphatic heterocycles. The van der Waals surface area contributed by atoms with E-state index in [1.54, 1.807) is 0 Å². The van der Waals surface area contributed by atoms with Crippen molar-refractivity contribution in [2.75, 3.05) is 6.54 Å². The third-order valence-electron chi connectivity index (χ3n) is 8.73. The number of allylic oxidation sites excluding steroid dienone is 2. The van der Waals surface area contributed by atoms with E-state index in [2.05, 4.69) is 119 Å². The second-order valence-electron chi connectivity index (χ2n) is 11.4. The Bertz CT molecular complexity index is 2290. The SMILES string of the molecule is C1=CC(c2ccc3c(c2)Oc2ccccc2-c2ccccc2Oc2cc(-n4c5ccccc5c5ccccc54)ccc2-3)=CCN1. The largest absolute Gasteiger partial charge is 0.456 e. The van der Waals surface area contributed by atoms with Crippen LogP contribution in [0.2, 0.25) is 0 Å². The summed E-state index contributed by atoms with van der Waals surface area (Å²) in [6, 6.07) is 46.5. The van der Waals surface area contributed by atoms with E-state index in [0.29, 0.717) is 0 Å². The van der Waals surface area contributed by atoms with Crippen molar-refractivity contribution in [1.29, 1.82) is 0 Å². The highest BCUT2D eigenvalue weighted by Gasteiger charge is 2.22. The van der Waals surface area contributed by atoms with Crippen LogP contribution in [0.3, 0.4) is 0 Å². The number of para-hydroxylation sites is 4. The Balaban J connectivity index is 1.30. The molecule has 0 saturated carbocycles. The maximum absolute atomic E-state index is 6.94. The van der Waals surface area contributed by atoms with Crippen molar-refractivity contribution in [1.82, 2.24) is 9.88 Å². The fourth-order valence-corrected chi connectivity index (χ4v) is 6.63. The predicted molar refractivity (Wildman–Crippen MR) is 183 cm³/mol. The number of fused-ring (bicyclic) bond motifs is 9. The van der Waals surface area contributed by atoms with Gasteiger partial charge in [0.2, 0.25) is 0 Å². The zero-order valence-corrected chi connectivity index (χ0v) is 24.4. The molecule has 0 spiro atoms. The lowest BCUT2D eigenvalue weighted by Gasteiger charge is -2.22. The van der Waals surface area contributed by atoms with Crippen molar-refractivity contribution in [3.05, 3.63) is 157 Å². The van der Waals surface area contributed by atoms with E-state index in [9.17, 15) is 0 Å². The Morgan fingerprint density at radius 2 is 1.07 bits per heavy atom. The molecule has 9 rings (SSSR count). The normalized spacial score (nSPS) is 13.4. The fraction of sp³-hybridized carbons (Fsp3) is 0.0244. The van der Waals surface area contributed by atoms with Crippen molar-refractivity contribution in [3.8, 4) is 50.9 Å². The lowest BCUT2D eigenvalue weighted by atomic mass is 9.96. The van der Waals surface area contributed by atoms with Crippen molar-refractivity contribution in [2.24, 2.45) is 0 Å². The number of ether oxygens (including phenoxy) is 2. The molecular weight excluding hydrogens is 552 g/mol. The van der Waals surface area contributed by atoms with Gasteiger partial charge in [-0.2, -0.15) is 0 Å². The van der Waals surface area contributed by atoms with Crippen LogP contribution in [-0.2, 0) is 0 Å². The molecule has 0 radical (unpaired) electrons. The molecule has 0 atom stereocenters. The first-order valence-electron chi connectivity index (χ1n) is 15.2. The highest BCUT2D eigenvalue weighted by atomic mass is 16.5. The van der Waals surface area contributed by atoms with Gasteiger partial charge in [-0.3, -0.25) is 0 Å². The van der Waals surface area contributed by atoms with Crippen LogP contribution in [0.15, 0.2) is 152 Å². The summed E-state index contributed by atoms with van der Waals surface area (Å²) >= 11 is 0. The quantitative estimate of drug-likeness (QED) is 0.221. The Labute approximate surface area is 261 Å². The Morgan fingerprint density at radius 1 is 0.511 bits per heavy atom. The van der Waals surface area contributed by atoms with E-state index in [1.807, 2.05) is 42.6 Å². The van der Waals surface area contributed by atoms with Crippen LogP contribution in [-0.4, -0.2) is 11.1 Å². The lowest BCUT2D eigenvalue weighted by Crippen LogP contribution is -2.08. The summed E-state index contributed by atoms with van der Waals surface area (Å²) in [4.78, 5) is 0. The summed E-state index contributed by atoms with van der Waals surface area (Å²) in [6.45, 7) is 0.797. The minimum atomic E-state index is 0.764. The topological polar surface area (TPSA) is 35.4 Å². The van der Waals surface area contributed by atoms with Gasteiger partial charge in [-0.1, -0.05) is 84.9 Å². The van der Waals surface area contributed by atoms with Gasteiger partial charge in [-0.15, -0.1) is 0 Å². The molecule has 0 amide bonds. The van der Waals surface area contributed by atoms with Crippen LogP contribution in [0.25, 0.3) is 55.3 Å². The van der Waals surface area contributed by atoms with Gasteiger partial charge in [0.15, 0.2) is 0 Å². The molecule has 0 saturated heterocycles. The molecule has 0 aliphatic carbocycles. The lowest BCUT2D eigenvalue weighted by molar-refractivity contribution is 0.472. The fourth-order valence-electron chi connectivity index (χ4n) is 6.63. The molecular formula is C41H28N2O2. The summed E-state index contributed by atoms with van der Waals surface area (Å²) in [6.07, 6.45) is 6.29. The molecule has 6 aromatic carbocycles. The molecule has 1 N–H and O–H groups in total. The number of hydrogen-bond acceptors (Lipinski definition) is 3. The van der Waals surface area contributed by atoms with Crippen LogP contribution >= 0.6 is 0 Å². The molecule has 1 aromatic heterocycles. The predicted octanol–water partition coefficient (Wildman–Crippen LogP) is 10.5. The van der Waals surface area contributed by atoms with Gasteiger partial charge in [0.1, 0.15) is 23.0 Å². The van der Waals surface area contributed by atoms with E-state index in [0.717, 1.165) is 79.7 Å². The number of hydrogen-bond donors (Lipinski definition) is 1. The molecule has 45 heavy (non-hydrogen) atoms. The zero-order chi connectivity index (χ0) is 29.7. The van der Waals surface area contributed by atoms with E-state index in [4.69, 9.17) is 9.47 Å². The first-order valence-corrected chi connectivity index (χ1v) is 15.2. The molecule has 214 valence electrons. The van der Waals surface area contributed by atoms with E-state index in [1.165, 1.54) is 10.8 Å². The van der Waals surface area contributed by atoms with Gasteiger partial charge in [0.25, 0.3) is 0 Å². The Hall–Kier alpha value is -6.00. The van der Waals surface area contributed by atoms with E-state index < -0.39 is 0 Å². The molecule has 4 nitrogen and oxygen atoms in total. The van der Waals surface area contributed by atoms with Crippen LogP contribution in [0.4, 0.5) is 0 Å². The minimum Gasteiger partial charge on any atom is -0.456 e. The maximum atomic E-state index is 6.94. The second-order valence-corrected chi connectivity index (χ2v) is 11.4. The van der Waals surface area contributed by atoms with Gasteiger partial charge in [0, 0.05) is 51.3 Å². The van der Waals surface area contributed by atoms with Crippen LogP contribution in [0.1, 0.15) is 5.56 Å². The van der Waals surface area contributed by atoms with Crippen molar-refractivity contribution in [2.45, 2.75) is 0 Å². The number of nitrogens with zero attached hydrogens (tertiary/aromatic N) is 1. The highest BCUT2D eigenvalue weighted by molar-refractivity contribution is 6.09. The zero-order valence-electron chi connectivity index (χ0n) is 24.4. The highest BCUT2D eigenvalue weighted by Crippen LogP contribution is 2.48. The Kier molecular flexibility index (Phi) is 5.85. The molecule has 0 unspecified atom stereocenters. The summed E-state index contributed by atoms with van der Waals surface area (Å²) in [7, 11) is 0. The van der Waals surface area contributed by atoms with Crippen LogP contribution in [0.5, 0.6) is 23.0 Å². The first-order chi connectivity index (χ1) is 22.3. The van der Waals surface area contributed by atoms with Gasteiger partial charge >= 0.3 is 0 Å². The molecule has 0 fully saturated rings. The average Bonchev–Trinajstić information content (AvgIpc) is 3.44. The van der Waals surface area contributed by atoms with Gasteiger partial charge in [-0.05, 0) is 71.9 Å². The minimum absolute atomic E-state index is 0.764. The van der Waals surface area contributed by atoms with Gasteiger partial charge in [0.05, 0.1) is 11.0 Å². The summed E-state index contributed by atoms with van der Waals surface area (Å²) in [5, 5.41) is 5.70. The number of dihydropyridines is 1. The van der Waals surface area contributed by atoms with Gasteiger partial charge < -0.3 is 19.4 Å². The van der Waals surface area contributed by atoms with Crippen LogP contribution < -0.4 is 14.8 Å². The molecule has 3 heterocycles. The summed E-state index contributed by atoms with van der Waals surface area (Å²) in [5.41, 5.74) is 9.50. The van der Waals surface area contributed by atoms with E-state index >= 15 is 0 Å². The molecule has 4 heteroatoms. The average molecular weight is 581 g/mol. The van der Waals surface area contributed by atoms with E-state index in [-0.39, 0.29) is 0 Å². The Morgan fingerprint density at radius 3 is 1.71 bits per heavy atom.